The molecule has 3 aromatic carbocycles. The Hall–Kier alpha value is -2.41. The molecule has 216 valence electrons. The van der Waals surface area contributed by atoms with Gasteiger partial charge in [0.15, 0.2) is 0 Å². The molecule has 40 heavy (non-hydrogen) atoms. The summed E-state index contributed by atoms with van der Waals surface area (Å²) in [6, 6.07) is 24.5. The minimum atomic E-state index is -0.813. The first-order valence-corrected chi connectivity index (χ1v) is 15.0. The molecule has 3 aromatic rings. The molecule has 5 atom stereocenters. The van der Waals surface area contributed by atoms with Crippen LogP contribution in [-0.2, 0) is 22.5 Å². The van der Waals surface area contributed by atoms with Crippen molar-refractivity contribution in [3.63, 3.8) is 0 Å². The number of aliphatic hydroxyl groups is 2. The van der Waals surface area contributed by atoms with Gasteiger partial charge in [-0.1, -0.05) is 80.0 Å². The molecule has 1 aliphatic heterocycles. The summed E-state index contributed by atoms with van der Waals surface area (Å²) in [7, 11) is 0. The summed E-state index contributed by atoms with van der Waals surface area (Å²) in [4.78, 5) is 0. The first kappa shape index (κ1) is 30.5. The van der Waals surface area contributed by atoms with Crippen LogP contribution >= 0.6 is 11.6 Å². The van der Waals surface area contributed by atoms with Gasteiger partial charge in [0.2, 0.25) is 0 Å². The van der Waals surface area contributed by atoms with Gasteiger partial charge in [0.25, 0.3) is 0 Å². The van der Waals surface area contributed by atoms with E-state index in [4.69, 9.17) is 25.8 Å². The fourth-order valence-corrected chi connectivity index (χ4v) is 6.15. The number of benzene rings is 3. The molecule has 2 N–H and O–H groups in total. The van der Waals surface area contributed by atoms with Crippen LogP contribution in [0.1, 0.15) is 74.8 Å². The Morgan fingerprint density at radius 2 is 1.77 bits per heavy atom. The van der Waals surface area contributed by atoms with Crippen LogP contribution in [0.3, 0.4) is 0 Å². The molecule has 0 aromatic heterocycles. The van der Waals surface area contributed by atoms with Gasteiger partial charge in [-0.25, -0.2) is 0 Å². The summed E-state index contributed by atoms with van der Waals surface area (Å²) in [6.07, 6.45) is 2.69. The van der Waals surface area contributed by atoms with Gasteiger partial charge in [0, 0.05) is 23.8 Å². The first-order valence-electron chi connectivity index (χ1n) is 14.6. The van der Waals surface area contributed by atoms with Crippen LogP contribution in [0.4, 0.5) is 0 Å². The second-order valence-electron chi connectivity index (χ2n) is 10.5. The topological polar surface area (TPSA) is 68.2 Å². The quantitative estimate of drug-likeness (QED) is 0.255. The predicted molar refractivity (Wildman–Crippen MR) is 160 cm³/mol. The highest BCUT2D eigenvalue weighted by atomic mass is 35.5. The van der Waals surface area contributed by atoms with Gasteiger partial charge in [-0.05, 0) is 66.6 Å². The molecule has 0 amide bonds. The molecule has 1 aliphatic carbocycles. The fraction of sp³-hybridized carbons (Fsp3) is 0.471. The summed E-state index contributed by atoms with van der Waals surface area (Å²) in [5.74, 6) is 1.05. The van der Waals surface area contributed by atoms with Gasteiger partial charge in [-0.2, -0.15) is 0 Å². The number of fused-ring (bicyclic) bond motifs is 1. The predicted octanol–water partition coefficient (Wildman–Crippen LogP) is 7.29. The van der Waals surface area contributed by atoms with Gasteiger partial charge in [0.05, 0.1) is 43.7 Å². The van der Waals surface area contributed by atoms with E-state index in [0.29, 0.717) is 26.1 Å². The van der Waals surface area contributed by atoms with E-state index in [1.165, 1.54) is 0 Å². The van der Waals surface area contributed by atoms with Gasteiger partial charge in [-0.3, -0.25) is 0 Å². The highest BCUT2D eigenvalue weighted by molar-refractivity contribution is 6.31. The first-order chi connectivity index (χ1) is 19.5. The van der Waals surface area contributed by atoms with Crippen LogP contribution in [0, 0.1) is 5.92 Å². The maximum Gasteiger partial charge on any atom is 0.119 e. The Labute approximate surface area is 244 Å². The number of ether oxygens (including phenoxy) is 3. The van der Waals surface area contributed by atoms with Crippen LogP contribution in [0.15, 0.2) is 72.8 Å². The zero-order valence-electron chi connectivity index (χ0n) is 23.9. The Balaban J connectivity index is 0.00000181. The van der Waals surface area contributed by atoms with E-state index >= 15 is 0 Å². The molecule has 0 radical (unpaired) electrons. The molecule has 6 heteroatoms. The smallest absolute Gasteiger partial charge is 0.119 e. The van der Waals surface area contributed by atoms with Crippen molar-refractivity contribution >= 4 is 11.6 Å². The molecule has 1 heterocycles. The summed E-state index contributed by atoms with van der Waals surface area (Å²) < 4.78 is 18.9. The SMILES string of the molecule is CC.CCOc1ccc(Cc2cc(C3CC(OCc4ccccc4)C4CCC4(CC(O)CO)O3)ccc2Cl)cc1. The summed E-state index contributed by atoms with van der Waals surface area (Å²) in [6.45, 7) is 6.88. The van der Waals surface area contributed by atoms with E-state index < -0.39 is 11.7 Å². The van der Waals surface area contributed by atoms with E-state index in [0.717, 1.165) is 52.3 Å². The minimum Gasteiger partial charge on any atom is -0.494 e. The maximum absolute atomic E-state index is 10.4. The molecular weight excluding hydrogens is 524 g/mol. The van der Waals surface area contributed by atoms with Crippen molar-refractivity contribution in [2.24, 2.45) is 5.92 Å². The van der Waals surface area contributed by atoms with Crippen LogP contribution in [0.2, 0.25) is 5.02 Å². The fourth-order valence-electron chi connectivity index (χ4n) is 5.96. The van der Waals surface area contributed by atoms with Crippen LogP contribution in [0.25, 0.3) is 0 Å². The molecule has 1 saturated carbocycles. The largest absolute Gasteiger partial charge is 0.494 e. The molecule has 5 rings (SSSR count). The minimum absolute atomic E-state index is 0.00108. The van der Waals surface area contributed by atoms with Gasteiger partial charge in [-0.15, -0.1) is 0 Å². The van der Waals surface area contributed by atoms with Crippen molar-refractivity contribution < 1.29 is 24.4 Å². The van der Waals surface area contributed by atoms with E-state index in [2.05, 4.69) is 30.3 Å². The lowest BCUT2D eigenvalue weighted by atomic mass is 9.61. The highest BCUT2D eigenvalue weighted by Gasteiger charge is 2.57. The molecule has 0 bridgehead atoms. The normalized spacial score (nSPS) is 24.2. The average Bonchev–Trinajstić information content (AvgIpc) is 2.97. The second-order valence-corrected chi connectivity index (χ2v) is 10.9. The molecule has 5 nitrogen and oxygen atoms in total. The third-order valence-corrected chi connectivity index (χ3v) is 8.36. The van der Waals surface area contributed by atoms with E-state index in [9.17, 15) is 10.2 Å². The Bertz CT molecular complexity index is 1180. The van der Waals surface area contributed by atoms with Crippen molar-refractivity contribution in [2.45, 2.75) is 83.4 Å². The monoisotopic (exact) mass is 566 g/mol. The van der Waals surface area contributed by atoms with E-state index in [-0.39, 0.29) is 24.7 Å². The summed E-state index contributed by atoms with van der Waals surface area (Å²) in [5, 5.41) is 20.7. The highest BCUT2D eigenvalue weighted by Crippen LogP contribution is 2.55. The number of hydrogen-bond acceptors (Lipinski definition) is 5. The van der Waals surface area contributed by atoms with Gasteiger partial charge < -0.3 is 24.4 Å². The van der Waals surface area contributed by atoms with Crippen molar-refractivity contribution in [2.75, 3.05) is 13.2 Å². The molecule has 2 aliphatic rings. The van der Waals surface area contributed by atoms with Crippen molar-refractivity contribution in [3.05, 3.63) is 100 Å². The second kappa shape index (κ2) is 14.5. The van der Waals surface area contributed by atoms with Gasteiger partial charge >= 0.3 is 0 Å². The van der Waals surface area contributed by atoms with E-state index in [1.807, 2.05) is 63.2 Å². The summed E-state index contributed by atoms with van der Waals surface area (Å²) in [5.41, 5.74) is 3.90. The number of halogens is 1. The molecular formula is C34H43ClO5. The number of hydrogen-bond donors (Lipinski definition) is 2. The standard InChI is InChI=1S/C32H37ClO5.C2H6/c1-2-36-27-11-8-22(9-12-27)16-25-17-24(10-13-29(25)33)30-18-31(37-21-23-6-4-3-5-7-23)28-14-15-32(28,38-30)19-26(35)20-34;1-2/h3-13,17,26,28,30-31,34-35H,2,14-16,18-21H2,1H3;1-2H3. The van der Waals surface area contributed by atoms with Crippen LogP contribution in [0.5, 0.6) is 5.75 Å². The van der Waals surface area contributed by atoms with Crippen LogP contribution < -0.4 is 4.74 Å². The lowest BCUT2D eigenvalue weighted by Gasteiger charge is -2.58. The zero-order chi connectivity index (χ0) is 28.5. The third kappa shape index (κ3) is 7.26. The molecule has 1 saturated heterocycles. The zero-order valence-corrected chi connectivity index (χ0v) is 24.6. The molecule has 0 spiro atoms. The Kier molecular flexibility index (Phi) is 11.1. The third-order valence-electron chi connectivity index (χ3n) is 8.00. The van der Waals surface area contributed by atoms with Crippen LogP contribution in [-0.4, -0.2) is 41.2 Å². The molecule has 2 fully saturated rings. The Morgan fingerprint density at radius 3 is 2.42 bits per heavy atom. The van der Waals surface area contributed by atoms with Gasteiger partial charge in [0.1, 0.15) is 5.75 Å². The van der Waals surface area contributed by atoms with E-state index in [1.54, 1.807) is 0 Å². The number of rotatable bonds is 11. The maximum atomic E-state index is 10.4. The molecule has 5 unspecified atom stereocenters. The van der Waals surface area contributed by atoms with Crippen molar-refractivity contribution in [1.82, 2.24) is 0 Å². The lowest BCUT2D eigenvalue weighted by Crippen LogP contribution is -2.60. The summed E-state index contributed by atoms with van der Waals surface area (Å²) >= 11 is 6.64. The Morgan fingerprint density at radius 1 is 1.02 bits per heavy atom. The average molecular weight is 567 g/mol. The lowest BCUT2D eigenvalue weighted by molar-refractivity contribution is -0.270. The van der Waals surface area contributed by atoms with Crippen molar-refractivity contribution in [1.29, 1.82) is 0 Å². The number of aliphatic hydroxyl groups excluding tert-OH is 2. The van der Waals surface area contributed by atoms with Crippen molar-refractivity contribution in [3.8, 4) is 5.75 Å².